The summed E-state index contributed by atoms with van der Waals surface area (Å²) in [6, 6.07) is 5.03. The molecule has 0 aliphatic heterocycles. The molecule has 0 unspecified atom stereocenters. The number of para-hydroxylation sites is 1. The summed E-state index contributed by atoms with van der Waals surface area (Å²) in [5.41, 5.74) is 0.965. The standard InChI is InChI=1S/C14H15NO3/c1-14(2,3)11-8-5-4-6-10(16)12(8)15-7-9(11)13(17)18/h4-7,16H,1-3H3,(H,17,18). The number of aromatic hydroxyl groups is 1. The van der Waals surface area contributed by atoms with Crippen LogP contribution in [0.4, 0.5) is 0 Å². The average Bonchev–Trinajstić information content (AvgIpc) is 2.26. The van der Waals surface area contributed by atoms with E-state index in [2.05, 4.69) is 4.98 Å². The highest BCUT2D eigenvalue weighted by Gasteiger charge is 2.25. The molecule has 1 aromatic carbocycles. The van der Waals surface area contributed by atoms with Crippen LogP contribution in [0.5, 0.6) is 5.75 Å². The quantitative estimate of drug-likeness (QED) is 0.810. The first-order valence-corrected chi connectivity index (χ1v) is 5.67. The Hall–Kier alpha value is -2.10. The first-order valence-electron chi connectivity index (χ1n) is 5.67. The number of hydrogen-bond donors (Lipinski definition) is 2. The van der Waals surface area contributed by atoms with Gasteiger partial charge >= 0.3 is 5.97 Å². The van der Waals surface area contributed by atoms with Gasteiger partial charge in [0.2, 0.25) is 0 Å². The van der Waals surface area contributed by atoms with Crippen molar-refractivity contribution in [2.45, 2.75) is 26.2 Å². The van der Waals surface area contributed by atoms with Crippen molar-refractivity contribution in [3.05, 3.63) is 35.5 Å². The average molecular weight is 245 g/mol. The molecule has 0 amide bonds. The third-order valence-electron chi connectivity index (χ3n) is 2.86. The van der Waals surface area contributed by atoms with Crippen LogP contribution in [0.1, 0.15) is 36.7 Å². The molecule has 0 saturated carbocycles. The second-order valence-corrected chi connectivity index (χ2v) is 5.28. The van der Waals surface area contributed by atoms with Gasteiger partial charge < -0.3 is 10.2 Å². The number of pyridine rings is 1. The molecule has 0 fully saturated rings. The fraction of sp³-hybridized carbons (Fsp3) is 0.286. The first-order chi connectivity index (χ1) is 8.32. The Morgan fingerprint density at radius 3 is 2.50 bits per heavy atom. The number of rotatable bonds is 1. The van der Waals surface area contributed by atoms with Crippen LogP contribution < -0.4 is 0 Å². The van der Waals surface area contributed by atoms with E-state index in [0.717, 1.165) is 0 Å². The van der Waals surface area contributed by atoms with Crippen LogP contribution in [0.15, 0.2) is 24.4 Å². The maximum absolute atomic E-state index is 11.3. The van der Waals surface area contributed by atoms with E-state index < -0.39 is 5.97 Å². The van der Waals surface area contributed by atoms with Crippen LogP contribution in [0, 0.1) is 0 Å². The fourth-order valence-electron chi connectivity index (χ4n) is 2.18. The van der Waals surface area contributed by atoms with E-state index in [1.165, 1.54) is 6.20 Å². The van der Waals surface area contributed by atoms with E-state index in [4.69, 9.17) is 0 Å². The summed E-state index contributed by atoms with van der Waals surface area (Å²) < 4.78 is 0. The highest BCUT2D eigenvalue weighted by atomic mass is 16.4. The molecule has 1 aromatic heterocycles. The molecule has 0 radical (unpaired) electrons. The number of phenols is 1. The predicted molar refractivity (Wildman–Crippen MR) is 69.1 cm³/mol. The maximum atomic E-state index is 11.3. The van der Waals surface area contributed by atoms with Crippen LogP contribution >= 0.6 is 0 Å². The summed E-state index contributed by atoms with van der Waals surface area (Å²) in [6.07, 6.45) is 1.31. The van der Waals surface area contributed by atoms with Gasteiger partial charge in [-0.05, 0) is 17.0 Å². The molecular weight excluding hydrogens is 230 g/mol. The number of carboxylic acid groups (broad SMARTS) is 1. The van der Waals surface area contributed by atoms with Crippen molar-refractivity contribution in [3.63, 3.8) is 0 Å². The van der Waals surface area contributed by atoms with Crippen LogP contribution in [-0.2, 0) is 5.41 Å². The zero-order chi connectivity index (χ0) is 13.5. The second kappa shape index (κ2) is 3.98. The van der Waals surface area contributed by atoms with E-state index in [9.17, 15) is 15.0 Å². The lowest BCUT2D eigenvalue weighted by molar-refractivity contribution is 0.0694. The third-order valence-corrected chi connectivity index (χ3v) is 2.86. The van der Waals surface area contributed by atoms with Crippen molar-refractivity contribution in [1.82, 2.24) is 4.98 Å². The number of aromatic carboxylic acids is 1. The topological polar surface area (TPSA) is 70.4 Å². The largest absolute Gasteiger partial charge is 0.506 e. The Bertz CT molecular complexity index is 627. The van der Waals surface area contributed by atoms with Crippen molar-refractivity contribution in [3.8, 4) is 5.75 Å². The van der Waals surface area contributed by atoms with Gasteiger partial charge in [0.15, 0.2) is 0 Å². The summed E-state index contributed by atoms with van der Waals surface area (Å²) in [5.74, 6) is -0.937. The molecule has 0 spiro atoms. The molecule has 2 rings (SSSR count). The van der Waals surface area contributed by atoms with Crippen molar-refractivity contribution < 1.29 is 15.0 Å². The number of aromatic nitrogens is 1. The van der Waals surface area contributed by atoms with Crippen LogP contribution in [0.25, 0.3) is 10.9 Å². The SMILES string of the molecule is CC(C)(C)c1c(C(=O)O)cnc2c(O)cccc12. The minimum Gasteiger partial charge on any atom is -0.506 e. The van der Waals surface area contributed by atoms with Crippen molar-refractivity contribution >= 4 is 16.9 Å². The minimum absolute atomic E-state index is 0.0648. The Balaban J connectivity index is 2.95. The highest BCUT2D eigenvalue weighted by molar-refractivity contribution is 5.98. The minimum atomic E-state index is -1.00. The van der Waals surface area contributed by atoms with Crippen LogP contribution in [0.3, 0.4) is 0 Å². The van der Waals surface area contributed by atoms with Gasteiger partial charge in [-0.3, -0.25) is 4.98 Å². The summed E-state index contributed by atoms with van der Waals surface area (Å²) in [5, 5.41) is 19.7. The smallest absolute Gasteiger partial charge is 0.337 e. The van der Waals surface area contributed by atoms with Gasteiger partial charge in [0.1, 0.15) is 11.3 Å². The molecule has 2 aromatic rings. The van der Waals surface area contributed by atoms with Crippen molar-refractivity contribution in [1.29, 1.82) is 0 Å². The van der Waals surface area contributed by atoms with Gasteiger partial charge in [0, 0.05) is 11.6 Å². The summed E-state index contributed by atoms with van der Waals surface area (Å²) in [6.45, 7) is 5.83. The number of nitrogens with zero attached hydrogens (tertiary/aromatic N) is 1. The number of carboxylic acids is 1. The lowest BCUT2D eigenvalue weighted by Crippen LogP contribution is -2.18. The van der Waals surface area contributed by atoms with Crippen LogP contribution in [-0.4, -0.2) is 21.2 Å². The van der Waals surface area contributed by atoms with E-state index in [1.54, 1.807) is 18.2 Å². The Morgan fingerprint density at radius 2 is 1.94 bits per heavy atom. The Kier molecular flexibility index (Phi) is 2.73. The number of carbonyl (C=O) groups is 1. The molecule has 0 saturated heterocycles. The lowest BCUT2D eigenvalue weighted by atomic mass is 9.82. The van der Waals surface area contributed by atoms with E-state index in [-0.39, 0.29) is 16.7 Å². The molecule has 0 aliphatic rings. The van der Waals surface area contributed by atoms with Crippen molar-refractivity contribution in [2.24, 2.45) is 0 Å². The molecule has 94 valence electrons. The van der Waals surface area contributed by atoms with E-state index in [1.807, 2.05) is 20.8 Å². The molecule has 0 atom stereocenters. The predicted octanol–water partition coefficient (Wildman–Crippen LogP) is 2.94. The van der Waals surface area contributed by atoms with Gasteiger partial charge in [-0.1, -0.05) is 32.9 Å². The molecular formula is C14H15NO3. The molecule has 1 heterocycles. The Labute approximate surface area is 105 Å². The summed E-state index contributed by atoms with van der Waals surface area (Å²) >= 11 is 0. The zero-order valence-corrected chi connectivity index (χ0v) is 10.6. The molecule has 4 heteroatoms. The summed E-state index contributed by atoms with van der Waals surface area (Å²) in [4.78, 5) is 15.3. The van der Waals surface area contributed by atoms with Gasteiger partial charge in [-0.2, -0.15) is 0 Å². The number of hydrogen-bond acceptors (Lipinski definition) is 3. The summed E-state index contributed by atoms with van der Waals surface area (Å²) in [7, 11) is 0. The Morgan fingerprint density at radius 1 is 1.28 bits per heavy atom. The van der Waals surface area contributed by atoms with Gasteiger partial charge in [0.25, 0.3) is 0 Å². The normalized spacial score (nSPS) is 11.7. The van der Waals surface area contributed by atoms with E-state index in [0.29, 0.717) is 16.5 Å². The highest BCUT2D eigenvalue weighted by Crippen LogP contribution is 2.34. The number of phenolic OH excluding ortho intramolecular Hbond substituents is 1. The molecule has 18 heavy (non-hydrogen) atoms. The third kappa shape index (κ3) is 1.90. The van der Waals surface area contributed by atoms with Gasteiger partial charge in [-0.15, -0.1) is 0 Å². The molecule has 0 aliphatic carbocycles. The van der Waals surface area contributed by atoms with Crippen LogP contribution in [0.2, 0.25) is 0 Å². The molecule has 4 nitrogen and oxygen atoms in total. The zero-order valence-electron chi connectivity index (χ0n) is 10.6. The van der Waals surface area contributed by atoms with E-state index >= 15 is 0 Å². The lowest BCUT2D eigenvalue weighted by Gasteiger charge is -2.23. The molecule has 0 bridgehead atoms. The fourth-order valence-corrected chi connectivity index (χ4v) is 2.18. The number of fused-ring (bicyclic) bond motifs is 1. The monoisotopic (exact) mass is 245 g/mol. The van der Waals surface area contributed by atoms with Gasteiger partial charge in [-0.25, -0.2) is 4.79 Å². The molecule has 2 N–H and O–H groups in total. The first kappa shape index (κ1) is 12.4. The van der Waals surface area contributed by atoms with Gasteiger partial charge in [0.05, 0.1) is 5.56 Å². The second-order valence-electron chi connectivity index (χ2n) is 5.28. The van der Waals surface area contributed by atoms with Crippen molar-refractivity contribution in [2.75, 3.05) is 0 Å². The maximum Gasteiger partial charge on any atom is 0.337 e. The number of benzene rings is 1.